The number of rotatable bonds is 4. The van der Waals surface area contributed by atoms with Gasteiger partial charge in [0.25, 0.3) is 5.91 Å². The molecule has 3 aromatic rings. The van der Waals surface area contributed by atoms with Crippen molar-refractivity contribution in [3.8, 4) is 0 Å². The SMILES string of the molecule is O=C(c1ccco1)N1CCN(c2cc(Nc3ccc(F)cc3)ncn2)CC1. The second kappa shape index (κ2) is 7.45. The second-order valence-corrected chi connectivity index (χ2v) is 6.15. The number of nitrogens with one attached hydrogen (secondary N) is 1. The van der Waals surface area contributed by atoms with Crippen LogP contribution < -0.4 is 10.2 Å². The van der Waals surface area contributed by atoms with Crippen LogP contribution in [0.15, 0.2) is 59.5 Å². The highest BCUT2D eigenvalue weighted by molar-refractivity contribution is 5.91. The molecule has 0 saturated carbocycles. The van der Waals surface area contributed by atoms with Gasteiger partial charge in [-0.2, -0.15) is 0 Å². The highest BCUT2D eigenvalue weighted by Gasteiger charge is 2.24. The zero-order valence-electron chi connectivity index (χ0n) is 14.5. The minimum Gasteiger partial charge on any atom is -0.459 e. The summed E-state index contributed by atoms with van der Waals surface area (Å²) in [6.07, 6.45) is 2.99. The van der Waals surface area contributed by atoms with E-state index in [0.29, 0.717) is 37.8 Å². The fraction of sp³-hybridized carbons (Fsp3) is 0.211. The molecule has 7 nitrogen and oxygen atoms in total. The van der Waals surface area contributed by atoms with Gasteiger partial charge in [0.15, 0.2) is 5.76 Å². The summed E-state index contributed by atoms with van der Waals surface area (Å²) in [6, 6.07) is 11.3. The van der Waals surface area contributed by atoms with E-state index in [2.05, 4.69) is 20.2 Å². The highest BCUT2D eigenvalue weighted by atomic mass is 19.1. The van der Waals surface area contributed by atoms with Crippen molar-refractivity contribution in [2.24, 2.45) is 0 Å². The Morgan fingerprint density at radius 2 is 1.85 bits per heavy atom. The highest BCUT2D eigenvalue weighted by Crippen LogP contribution is 2.20. The number of aromatic nitrogens is 2. The summed E-state index contributed by atoms with van der Waals surface area (Å²) >= 11 is 0. The van der Waals surface area contributed by atoms with Crippen LogP contribution in [-0.2, 0) is 0 Å². The van der Waals surface area contributed by atoms with Crippen molar-refractivity contribution in [3.63, 3.8) is 0 Å². The minimum atomic E-state index is -0.286. The maximum atomic E-state index is 13.0. The van der Waals surface area contributed by atoms with Crippen molar-refractivity contribution < 1.29 is 13.6 Å². The number of benzene rings is 1. The molecule has 2 aromatic heterocycles. The van der Waals surface area contributed by atoms with E-state index in [1.807, 2.05) is 6.07 Å². The van der Waals surface area contributed by atoms with Crippen molar-refractivity contribution in [1.29, 1.82) is 0 Å². The molecule has 0 atom stereocenters. The summed E-state index contributed by atoms with van der Waals surface area (Å²) < 4.78 is 18.2. The van der Waals surface area contributed by atoms with Gasteiger partial charge in [0.1, 0.15) is 23.8 Å². The van der Waals surface area contributed by atoms with Gasteiger partial charge in [-0.25, -0.2) is 14.4 Å². The summed E-state index contributed by atoms with van der Waals surface area (Å²) in [5, 5.41) is 3.13. The topological polar surface area (TPSA) is 74.5 Å². The first-order valence-corrected chi connectivity index (χ1v) is 8.61. The van der Waals surface area contributed by atoms with Crippen LogP contribution in [0.1, 0.15) is 10.6 Å². The Morgan fingerprint density at radius 3 is 2.56 bits per heavy atom. The first kappa shape index (κ1) is 17.0. The quantitative estimate of drug-likeness (QED) is 0.764. The number of halogens is 1. The molecule has 27 heavy (non-hydrogen) atoms. The van der Waals surface area contributed by atoms with E-state index in [1.165, 1.54) is 24.7 Å². The summed E-state index contributed by atoms with van der Waals surface area (Å²) in [5.41, 5.74) is 0.745. The fourth-order valence-electron chi connectivity index (χ4n) is 2.96. The van der Waals surface area contributed by atoms with E-state index in [9.17, 15) is 9.18 Å². The molecule has 138 valence electrons. The number of hydrogen-bond acceptors (Lipinski definition) is 6. The first-order chi connectivity index (χ1) is 13.2. The molecule has 0 radical (unpaired) electrons. The lowest BCUT2D eigenvalue weighted by Crippen LogP contribution is -2.49. The van der Waals surface area contributed by atoms with Crippen LogP contribution >= 0.6 is 0 Å². The Hall–Kier alpha value is -3.42. The standard InChI is InChI=1S/C19H18FN5O2/c20-14-3-5-15(6-4-14)23-17-12-18(22-13-21-17)24-7-9-25(10-8-24)19(26)16-2-1-11-27-16/h1-6,11-13H,7-10H2,(H,21,22,23). The smallest absolute Gasteiger partial charge is 0.289 e. The van der Waals surface area contributed by atoms with Crippen LogP contribution in [0.2, 0.25) is 0 Å². The molecule has 1 aliphatic heterocycles. The van der Waals surface area contributed by atoms with Crippen molar-refractivity contribution in [2.75, 3.05) is 36.4 Å². The molecule has 0 aliphatic carbocycles. The zero-order chi connectivity index (χ0) is 18.6. The van der Waals surface area contributed by atoms with Gasteiger partial charge in [-0.3, -0.25) is 4.79 Å². The average Bonchev–Trinajstić information content (AvgIpc) is 3.24. The van der Waals surface area contributed by atoms with Crippen LogP contribution in [0.4, 0.5) is 21.7 Å². The number of carbonyl (C=O) groups is 1. The van der Waals surface area contributed by atoms with Crippen molar-refractivity contribution >= 4 is 23.2 Å². The van der Waals surface area contributed by atoms with E-state index in [1.54, 1.807) is 29.2 Å². The van der Waals surface area contributed by atoms with Gasteiger partial charge in [-0.05, 0) is 36.4 Å². The molecular weight excluding hydrogens is 349 g/mol. The average molecular weight is 367 g/mol. The number of amides is 1. The molecule has 4 rings (SSSR count). The van der Waals surface area contributed by atoms with Gasteiger partial charge in [0.05, 0.1) is 6.26 Å². The van der Waals surface area contributed by atoms with Gasteiger partial charge in [-0.15, -0.1) is 0 Å². The van der Waals surface area contributed by atoms with Crippen molar-refractivity contribution in [1.82, 2.24) is 14.9 Å². The molecule has 1 aromatic carbocycles. The minimum absolute atomic E-state index is 0.0963. The molecule has 1 saturated heterocycles. The third kappa shape index (κ3) is 3.89. The Bertz CT molecular complexity index is 906. The number of carbonyl (C=O) groups excluding carboxylic acids is 1. The third-order valence-corrected chi connectivity index (χ3v) is 4.39. The Kier molecular flexibility index (Phi) is 4.69. The molecule has 8 heteroatoms. The van der Waals surface area contributed by atoms with Gasteiger partial charge in [0, 0.05) is 37.9 Å². The van der Waals surface area contributed by atoms with Crippen LogP contribution in [-0.4, -0.2) is 47.0 Å². The van der Waals surface area contributed by atoms with Gasteiger partial charge >= 0.3 is 0 Å². The number of anilines is 3. The van der Waals surface area contributed by atoms with E-state index in [0.717, 1.165) is 11.5 Å². The molecule has 1 amide bonds. The van der Waals surface area contributed by atoms with Gasteiger partial charge in [-0.1, -0.05) is 0 Å². The predicted molar refractivity (Wildman–Crippen MR) is 98.5 cm³/mol. The maximum absolute atomic E-state index is 13.0. The van der Waals surface area contributed by atoms with E-state index in [4.69, 9.17) is 4.42 Å². The van der Waals surface area contributed by atoms with Gasteiger partial charge in [0.2, 0.25) is 0 Å². The molecule has 1 N–H and O–H groups in total. The van der Waals surface area contributed by atoms with E-state index >= 15 is 0 Å². The van der Waals surface area contributed by atoms with Crippen LogP contribution in [0, 0.1) is 5.82 Å². The number of nitrogens with zero attached hydrogens (tertiary/aromatic N) is 4. The lowest BCUT2D eigenvalue weighted by molar-refractivity contribution is 0.0714. The molecule has 0 bridgehead atoms. The lowest BCUT2D eigenvalue weighted by atomic mass is 10.2. The number of hydrogen-bond donors (Lipinski definition) is 1. The van der Waals surface area contributed by atoms with Crippen molar-refractivity contribution in [2.45, 2.75) is 0 Å². The lowest BCUT2D eigenvalue weighted by Gasteiger charge is -2.35. The summed E-state index contributed by atoms with van der Waals surface area (Å²) in [4.78, 5) is 24.8. The Morgan fingerprint density at radius 1 is 1.07 bits per heavy atom. The second-order valence-electron chi connectivity index (χ2n) is 6.15. The summed E-state index contributed by atoms with van der Waals surface area (Å²) in [5.74, 6) is 1.38. The molecule has 1 fully saturated rings. The van der Waals surface area contributed by atoms with Gasteiger partial charge < -0.3 is 19.5 Å². The predicted octanol–water partition coefficient (Wildman–Crippen LogP) is 2.91. The van der Waals surface area contributed by atoms with E-state index < -0.39 is 0 Å². The third-order valence-electron chi connectivity index (χ3n) is 4.39. The maximum Gasteiger partial charge on any atom is 0.289 e. The monoisotopic (exact) mass is 367 g/mol. The molecule has 0 unspecified atom stereocenters. The Balaban J connectivity index is 1.40. The molecule has 3 heterocycles. The van der Waals surface area contributed by atoms with Crippen molar-refractivity contribution in [3.05, 3.63) is 66.6 Å². The van der Waals surface area contributed by atoms with Crippen LogP contribution in [0.5, 0.6) is 0 Å². The van der Waals surface area contributed by atoms with E-state index in [-0.39, 0.29) is 11.7 Å². The number of piperazine rings is 1. The molecule has 1 aliphatic rings. The van der Waals surface area contributed by atoms with Crippen LogP contribution in [0.25, 0.3) is 0 Å². The number of furan rings is 1. The zero-order valence-corrected chi connectivity index (χ0v) is 14.5. The van der Waals surface area contributed by atoms with Crippen LogP contribution in [0.3, 0.4) is 0 Å². The molecule has 0 spiro atoms. The first-order valence-electron chi connectivity index (χ1n) is 8.61. The normalized spacial score (nSPS) is 14.3. The fourth-order valence-corrected chi connectivity index (χ4v) is 2.96. The summed E-state index contributed by atoms with van der Waals surface area (Å²) in [7, 11) is 0. The summed E-state index contributed by atoms with van der Waals surface area (Å²) in [6.45, 7) is 2.51. The molecular formula is C19H18FN5O2. The largest absolute Gasteiger partial charge is 0.459 e. The Labute approximate surface area is 155 Å².